The Balaban J connectivity index is 0.00000144. The zero-order chi connectivity index (χ0) is 35.3. The van der Waals surface area contributed by atoms with Gasteiger partial charge in [-0.3, -0.25) is 0 Å². The van der Waals surface area contributed by atoms with Gasteiger partial charge in [0.1, 0.15) is 21.1 Å². The molecule has 0 saturated heterocycles. The third-order valence-corrected chi connectivity index (χ3v) is 9.68. The van der Waals surface area contributed by atoms with Gasteiger partial charge in [0.2, 0.25) is 0 Å². The van der Waals surface area contributed by atoms with Gasteiger partial charge in [0.15, 0.2) is 37.2 Å². The summed E-state index contributed by atoms with van der Waals surface area (Å²) in [7, 11) is 8.10. The molecule has 0 aliphatic carbocycles. The summed E-state index contributed by atoms with van der Waals surface area (Å²) in [6.45, 7) is 0. The number of hydrogen-bond acceptors (Lipinski definition) is 4. The third-order valence-electron chi connectivity index (χ3n) is 9.68. The molecular weight excluding hydrogens is 846 g/mol. The number of halogens is 4. The molecule has 0 aromatic carbocycles. The van der Waals surface area contributed by atoms with Gasteiger partial charge in [-0.25, -0.2) is 28.7 Å². The molecule has 4 aromatic rings. The summed E-state index contributed by atoms with van der Waals surface area (Å²) in [5.74, 6) is 0. The number of aliphatic imine (C=N–C) groups is 3. The van der Waals surface area contributed by atoms with Gasteiger partial charge < -0.3 is 59.5 Å². The van der Waals surface area contributed by atoms with Crippen molar-refractivity contribution < 1.29 is 80.4 Å². The van der Waals surface area contributed by atoms with Gasteiger partial charge in [0, 0.05) is 67.0 Å². The van der Waals surface area contributed by atoms with E-state index in [2.05, 4.69) is 147 Å². The molecule has 5 aliphatic heterocycles. The molecule has 0 spiro atoms. The van der Waals surface area contributed by atoms with Crippen molar-refractivity contribution in [1.29, 1.82) is 0 Å². The largest absolute Gasteiger partial charge is 2.00 e. The quantitative estimate of drug-likeness (QED) is 0.152. The molecule has 1 radical (unpaired) electrons. The number of allylic oxidation sites excluding steroid dienone is 11. The van der Waals surface area contributed by atoms with Crippen LogP contribution in [0.2, 0.25) is 0 Å². The molecule has 9 heterocycles. The van der Waals surface area contributed by atoms with Crippen LogP contribution < -0.4 is 68.3 Å². The number of pyridine rings is 3. The Morgan fingerprint density at radius 3 is 1.16 bits per heavy atom. The molecule has 0 saturated carbocycles. The van der Waals surface area contributed by atoms with E-state index in [4.69, 9.17) is 20.0 Å². The van der Waals surface area contributed by atoms with Crippen molar-refractivity contribution in [2.45, 2.75) is 0 Å². The molecule has 13 heteroatoms. The Labute approximate surface area is 368 Å². The van der Waals surface area contributed by atoms with Gasteiger partial charge in [0.05, 0.1) is 34.2 Å². The molecule has 0 fully saturated rings. The van der Waals surface area contributed by atoms with E-state index in [0.29, 0.717) is 0 Å². The second kappa shape index (κ2) is 18.4. The Morgan fingerprint density at radius 1 is 0.439 bits per heavy atom. The zero-order valence-corrected chi connectivity index (χ0v) is 35.2. The van der Waals surface area contributed by atoms with Crippen molar-refractivity contribution in [2.75, 3.05) is 7.05 Å². The topological polar surface area (TPSA) is 66.1 Å². The first-order valence-corrected chi connectivity index (χ1v) is 17.3. The molecule has 8 bridgehead atoms. The molecule has 0 atom stereocenters. The van der Waals surface area contributed by atoms with Crippen LogP contribution in [0.5, 0.6) is 0 Å². The predicted octanol–water partition coefficient (Wildman–Crippen LogP) is -6.62. The Kier molecular flexibility index (Phi) is 14.4. The monoisotopic (exact) mass is 879 g/mol. The molecular formula is C44H36Cl4CuN8. The van der Waals surface area contributed by atoms with E-state index >= 15 is 0 Å². The minimum atomic E-state index is 0. The summed E-state index contributed by atoms with van der Waals surface area (Å²) in [6, 6.07) is 16.9. The minimum Gasteiger partial charge on any atom is -1.00 e. The fourth-order valence-corrected chi connectivity index (χ4v) is 6.94. The summed E-state index contributed by atoms with van der Waals surface area (Å²) in [6.07, 6.45) is 33.3. The summed E-state index contributed by atoms with van der Waals surface area (Å²) in [4.78, 5) is 23.4. The Bertz CT molecular complexity index is 2560. The van der Waals surface area contributed by atoms with Gasteiger partial charge in [-0.15, -0.1) is 11.4 Å². The standard InChI is InChI=1S/C44H36N8.4ClH.Cu/c1-49-21-13-29(14-22-49)41-33-5-7-35(45-33)42(30-15-23-50(2)24-16-30)37-9-11-39(47-37)44(32-19-27-52(4)28-20-32)40-12-10-38(48-40)43(36-8-6-34(41)46-36)31-17-25-51(3)26-18-31;;;;;/h5-28H,1-4H3;4*1H;/q+2;;;;;+2/p-4. The van der Waals surface area contributed by atoms with Crippen LogP contribution in [0.1, 0.15) is 28.1 Å². The first kappa shape index (κ1) is 44.6. The van der Waals surface area contributed by atoms with Crippen LogP contribution in [0.4, 0.5) is 0 Å². The number of rotatable bonds is 3. The maximum Gasteiger partial charge on any atom is 2.00 e. The van der Waals surface area contributed by atoms with E-state index in [1.165, 1.54) is 0 Å². The average molecular weight is 882 g/mol. The Hall–Kier alpha value is -5.12. The van der Waals surface area contributed by atoms with Crippen molar-refractivity contribution in [1.82, 2.24) is 9.88 Å². The molecule has 4 aromatic heterocycles. The first-order valence-electron chi connectivity index (χ1n) is 17.3. The molecule has 8 nitrogen and oxygen atoms in total. The fourth-order valence-electron chi connectivity index (χ4n) is 6.94. The van der Waals surface area contributed by atoms with Gasteiger partial charge in [0.25, 0.3) is 0 Å². The van der Waals surface area contributed by atoms with Crippen LogP contribution >= 0.6 is 0 Å². The van der Waals surface area contributed by atoms with Gasteiger partial charge in [-0.2, -0.15) is 0 Å². The van der Waals surface area contributed by atoms with Crippen LogP contribution in [-0.2, 0) is 38.2 Å². The molecule has 9 rings (SSSR count). The molecule has 0 unspecified atom stereocenters. The van der Waals surface area contributed by atoms with E-state index in [0.717, 1.165) is 90.2 Å². The number of hydrogen-bond donors (Lipinski definition) is 0. The fraction of sp³-hybridized carbons (Fsp3) is 0.0909. The van der Waals surface area contributed by atoms with Crippen molar-refractivity contribution >= 4 is 33.9 Å². The smallest absolute Gasteiger partial charge is 1.00 e. The van der Waals surface area contributed by atoms with E-state index in [9.17, 15) is 0 Å². The SMILES string of the molecule is CN1C=CC(=C2C3=NC(=C(c4cc[n+](C)cc4)C4=NC(=C(c5cc[n+](C)cc5)c5ccc([n-]5)C(c5cc[n+](C)cc5)=C5C=CC2=N5)C=C4)C=C3)C=C1.[Cl-].[Cl-].[Cl-].[Cl-].[Cu+2]. The number of nitrogens with zero attached hydrogens (tertiary/aromatic N) is 8. The minimum absolute atomic E-state index is 0. The predicted molar refractivity (Wildman–Crippen MR) is 204 cm³/mol. The van der Waals surface area contributed by atoms with E-state index in [1.807, 2.05) is 46.8 Å². The summed E-state index contributed by atoms with van der Waals surface area (Å²) >= 11 is 0. The first-order chi connectivity index (χ1) is 25.4. The van der Waals surface area contributed by atoms with E-state index in [1.54, 1.807) is 0 Å². The van der Waals surface area contributed by atoms with E-state index in [-0.39, 0.29) is 66.7 Å². The maximum absolute atomic E-state index is 5.35. The van der Waals surface area contributed by atoms with Crippen LogP contribution in [-0.4, -0.2) is 29.1 Å². The molecule has 57 heavy (non-hydrogen) atoms. The number of aromatic nitrogens is 4. The average Bonchev–Trinajstić information content (AvgIpc) is 3.99. The van der Waals surface area contributed by atoms with Gasteiger partial charge in [-0.1, -0.05) is 12.1 Å². The van der Waals surface area contributed by atoms with Crippen molar-refractivity contribution in [3.8, 4) is 0 Å². The molecule has 291 valence electrons. The van der Waals surface area contributed by atoms with Crippen LogP contribution in [0.25, 0.3) is 16.7 Å². The van der Waals surface area contributed by atoms with Gasteiger partial charge >= 0.3 is 17.1 Å². The van der Waals surface area contributed by atoms with Crippen LogP contribution in [0, 0.1) is 0 Å². The summed E-state index contributed by atoms with van der Waals surface area (Å²) in [5, 5.41) is 0. The second-order valence-electron chi connectivity index (χ2n) is 13.4. The summed E-state index contributed by atoms with van der Waals surface area (Å²) < 4.78 is 6.11. The van der Waals surface area contributed by atoms with E-state index < -0.39 is 0 Å². The van der Waals surface area contributed by atoms with Crippen molar-refractivity contribution in [3.05, 3.63) is 203 Å². The van der Waals surface area contributed by atoms with Crippen LogP contribution in [0.3, 0.4) is 0 Å². The number of fused-ring (bicyclic) bond motifs is 5. The molecule has 0 N–H and O–H groups in total. The Morgan fingerprint density at radius 2 is 0.772 bits per heavy atom. The third kappa shape index (κ3) is 8.60. The second-order valence-corrected chi connectivity index (χ2v) is 13.4. The summed E-state index contributed by atoms with van der Waals surface area (Å²) in [5.41, 5.74) is 14.7. The zero-order valence-electron chi connectivity index (χ0n) is 31.2. The van der Waals surface area contributed by atoms with Crippen LogP contribution in [0.15, 0.2) is 190 Å². The molecule has 0 amide bonds. The van der Waals surface area contributed by atoms with Gasteiger partial charge in [-0.05, 0) is 82.0 Å². The van der Waals surface area contributed by atoms with Crippen molar-refractivity contribution in [3.63, 3.8) is 0 Å². The number of aryl methyl sites for hydroxylation is 3. The van der Waals surface area contributed by atoms with Crippen molar-refractivity contribution in [2.24, 2.45) is 36.1 Å². The molecule has 5 aliphatic rings. The maximum atomic E-state index is 5.35. The normalized spacial score (nSPS) is 16.1.